The Morgan fingerprint density at radius 3 is 2.70 bits per heavy atom. The molecule has 0 bridgehead atoms. The number of aliphatic hydroxyl groups is 1. The van der Waals surface area contributed by atoms with E-state index in [1.165, 1.54) is 37.7 Å². The van der Waals surface area contributed by atoms with E-state index in [4.69, 9.17) is 4.74 Å². The van der Waals surface area contributed by atoms with Gasteiger partial charge >= 0.3 is 5.97 Å². The number of hydrogen-bond donors (Lipinski definition) is 1. The van der Waals surface area contributed by atoms with Crippen LogP contribution in [0.4, 0.5) is 0 Å². The van der Waals surface area contributed by atoms with Crippen molar-refractivity contribution in [1.82, 2.24) is 0 Å². The highest BCUT2D eigenvalue weighted by atomic mass is 16.5. The summed E-state index contributed by atoms with van der Waals surface area (Å²) in [7, 11) is 0. The average molecular weight is 373 g/mol. The fourth-order valence-corrected chi connectivity index (χ4v) is 8.36. The highest BCUT2D eigenvalue weighted by Crippen LogP contribution is 2.68. The first-order chi connectivity index (χ1) is 13.0. The van der Waals surface area contributed by atoms with Crippen LogP contribution >= 0.6 is 0 Å². The summed E-state index contributed by atoms with van der Waals surface area (Å²) < 4.78 is 5.23. The summed E-state index contributed by atoms with van der Waals surface area (Å²) >= 11 is 0. The van der Waals surface area contributed by atoms with Crippen LogP contribution in [0.15, 0.2) is 11.6 Å². The zero-order valence-electron chi connectivity index (χ0n) is 16.4. The zero-order chi connectivity index (χ0) is 18.8. The number of ketones is 1. The number of carbonyl (C=O) groups is 2. The van der Waals surface area contributed by atoms with Crippen LogP contribution in [-0.4, -0.2) is 30.1 Å². The van der Waals surface area contributed by atoms with E-state index in [9.17, 15) is 14.7 Å². The van der Waals surface area contributed by atoms with E-state index in [1.54, 1.807) is 6.08 Å². The fraction of sp³-hybridized carbons (Fsp3) is 0.826. The van der Waals surface area contributed by atoms with Gasteiger partial charge in [-0.2, -0.15) is 0 Å². The van der Waals surface area contributed by atoms with Crippen molar-refractivity contribution in [2.75, 3.05) is 13.2 Å². The van der Waals surface area contributed by atoms with E-state index < -0.39 is 0 Å². The second-order valence-corrected chi connectivity index (χ2v) is 10.3. The molecule has 1 N–H and O–H groups in total. The molecule has 1 heterocycles. The molecular weight excluding hydrogens is 340 g/mol. The number of ether oxygens (including phenoxy) is 1. The third-order valence-electron chi connectivity index (χ3n) is 9.61. The Morgan fingerprint density at radius 2 is 1.96 bits per heavy atom. The molecule has 4 saturated carbocycles. The fourth-order valence-electron chi connectivity index (χ4n) is 8.36. The Bertz CT molecular complexity index is 696. The first-order valence-electron chi connectivity index (χ1n) is 11.0. The lowest BCUT2D eigenvalue weighted by atomic mass is 9.44. The van der Waals surface area contributed by atoms with Crippen molar-refractivity contribution in [2.45, 2.75) is 64.7 Å². The number of rotatable bonds is 2. The van der Waals surface area contributed by atoms with Crippen molar-refractivity contribution in [3.8, 4) is 0 Å². The number of carbonyl (C=O) groups excluding carboxylic acids is 2. The van der Waals surface area contributed by atoms with E-state index in [0.29, 0.717) is 54.8 Å². The van der Waals surface area contributed by atoms with Crippen molar-refractivity contribution in [3.63, 3.8) is 0 Å². The van der Waals surface area contributed by atoms with Crippen LogP contribution in [0.5, 0.6) is 0 Å². The summed E-state index contributed by atoms with van der Waals surface area (Å²) in [5.41, 5.74) is 1.47. The van der Waals surface area contributed by atoms with E-state index in [-0.39, 0.29) is 23.4 Å². The second kappa shape index (κ2) is 6.17. The SMILES string of the molecule is C[C@]12CC[C@H]3[C@@H](CC[C@@H]4CC(=O)CC[C@@]43CO)[C@H]1CC[C@@H]2C1=CC(=O)OC1. The highest BCUT2D eigenvalue weighted by molar-refractivity contribution is 5.85. The highest BCUT2D eigenvalue weighted by Gasteiger charge is 2.61. The molecule has 4 heteroatoms. The average Bonchev–Trinajstić information content (AvgIpc) is 3.23. The standard InChI is InChI=1S/C23H32O4/c1-22-8-7-20-17(3-2-15-11-16(25)6-9-23(15,20)13-24)19(22)5-4-18(22)14-10-21(26)27-12-14/h10,15,17-20,24H,2-9,11-13H2,1H3/t15-,17+,18-,19-,20+,22-,23-/m1/s1. The largest absolute Gasteiger partial charge is 0.458 e. The summed E-state index contributed by atoms with van der Waals surface area (Å²) in [6.07, 6.45) is 11.1. The van der Waals surface area contributed by atoms with Gasteiger partial charge in [0.2, 0.25) is 0 Å². The van der Waals surface area contributed by atoms with Gasteiger partial charge < -0.3 is 9.84 Å². The maximum Gasteiger partial charge on any atom is 0.331 e. The summed E-state index contributed by atoms with van der Waals surface area (Å²) in [4.78, 5) is 23.7. The Morgan fingerprint density at radius 1 is 1.11 bits per heavy atom. The van der Waals surface area contributed by atoms with Gasteiger partial charge in [0.25, 0.3) is 0 Å². The van der Waals surface area contributed by atoms with Crippen LogP contribution < -0.4 is 0 Å². The minimum atomic E-state index is -0.169. The van der Waals surface area contributed by atoms with Gasteiger partial charge in [-0.25, -0.2) is 4.79 Å². The molecule has 4 nitrogen and oxygen atoms in total. The molecule has 148 valence electrons. The minimum absolute atomic E-state index is 0.0120. The molecule has 4 fully saturated rings. The molecule has 4 aliphatic carbocycles. The molecule has 5 aliphatic rings. The van der Waals surface area contributed by atoms with Crippen LogP contribution in [0.2, 0.25) is 0 Å². The second-order valence-electron chi connectivity index (χ2n) is 10.3. The van der Waals surface area contributed by atoms with Crippen molar-refractivity contribution in [3.05, 3.63) is 11.6 Å². The molecule has 5 rings (SSSR count). The number of cyclic esters (lactones) is 1. The normalized spacial score (nSPS) is 49.1. The molecule has 0 aromatic carbocycles. The van der Waals surface area contributed by atoms with Gasteiger partial charge in [0.1, 0.15) is 12.4 Å². The van der Waals surface area contributed by atoms with E-state index in [2.05, 4.69) is 6.92 Å². The lowest BCUT2D eigenvalue weighted by Crippen LogP contribution is -2.56. The lowest BCUT2D eigenvalue weighted by Gasteiger charge is -2.60. The van der Waals surface area contributed by atoms with Crippen molar-refractivity contribution in [2.24, 2.45) is 40.4 Å². The predicted octanol–water partition coefficient (Wildman–Crippen LogP) is 3.67. The van der Waals surface area contributed by atoms with Gasteiger partial charge in [0.05, 0.1) is 0 Å². The molecule has 0 radical (unpaired) electrons. The van der Waals surface area contributed by atoms with E-state index in [0.717, 1.165) is 12.8 Å². The Hall–Kier alpha value is -1.16. The maximum atomic E-state index is 12.1. The van der Waals surface area contributed by atoms with Gasteiger partial charge in [-0.1, -0.05) is 6.92 Å². The molecule has 27 heavy (non-hydrogen) atoms. The molecule has 0 saturated heterocycles. The third-order valence-corrected chi connectivity index (χ3v) is 9.61. The smallest absolute Gasteiger partial charge is 0.331 e. The first kappa shape index (κ1) is 17.9. The molecule has 0 amide bonds. The molecule has 7 atom stereocenters. The van der Waals surface area contributed by atoms with Crippen molar-refractivity contribution < 1.29 is 19.4 Å². The number of esters is 1. The maximum absolute atomic E-state index is 12.1. The van der Waals surface area contributed by atoms with Crippen molar-refractivity contribution in [1.29, 1.82) is 0 Å². The number of fused-ring (bicyclic) bond motifs is 5. The third kappa shape index (κ3) is 2.44. The summed E-state index contributed by atoms with van der Waals surface area (Å²) in [6, 6.07) is 0. The Balaban J connectivity index is 1.44. The minimum Gasteiger partial charge on any atom is -0.458 e. The predicted molar refractivity (Wildman–Crippen MR) is 101 cm³/mol. The van der Waals surface area contributed by atoms with E-state index in [1.807, 2.05) is 0 Å². The first-order valence-corrected chi connectivity index (χ1v) is 11.0. The molecule has 0 aromatic heterocycles. The van der Waals surface area contributed by atoms with Crippen LogP contribution in [0.25, 0.3) is 0 Å². The molecule has 1 aliphatic heterocycles. The van der Waals surface area contributed by atoms with Gasteiger partial charge in [-0.05, 0) is 85.5 Å². The van der Waals surface area contributed by atoms with Crippen LogP contribution in [0.3, 0.4) is 0 Å². The quantitative estimate of drug-likeness (QED) is 0.751. The topological polar surface area (TPSA) is 63.6 Å². The van der Waals surface area contributed by atoms with Gasteiger partial charge in [0, 0.05) is 30.9 Å². The van der Waals surface area contributed by atoms with Gasteiger partial charge in [-0.15, -0.1) is 0 Å². The summed E-state index contributed by atoms with van der Waals surface area (Å²) in [5, 5.41) is 10.5. The molecule has 0 aromatic rings. The molecular formula is C23H32O4. The summed E-state index contributed by atoms with van der Waals surface area (Å²) in [5.74, 6) is 3.03. The lowest BCUT2D eigenvalue weighted by molar-refractivity contribution is -0.152. The Labute approximate surface area is 161 Å². The molecule has 0 spiro atoms. The Kier molecular flexibility index (Phi) is 4.09. The monoisotopic (exact) mass is 372 g/mol. The van der Waals surface area contributed by atoms with E-state index >= 15 is 0 Å². The zero-order valence-corrected chi connectivity index (χ0v) is 16.4. The van der Waals surface area contributed by atoms with Crippen LogP contribution in [0.1, 0.15) is 64.7 Å². The number of Topliss-reactive ketones (excluding diaryl/α,β-unsaturated/α-hetero) is 1. The summed E-state index contributed by atoms with van der Waals surface area (Å²) in [6.45, 7) is 3.20. The van der Waals surface area contributed by atoms with Crippen LogP contribution in [-0.2, 0) is 14.3 Å². The number of aliphatic hydroxyl groups excluding tert-OH is 1. The molecule has 0 unspecified atom stereocenters. The number of hydrogen-bond acceptors (Lipinski definition) is 4. The van der Waals surface area contributed by atoms with Crippen molar-refractivity contribution >= 4 is 11.8 Å². The van der Waals surface area contributed by atoms with Gasteiger partial charge in [0.15, 0.2) is 0 Å². The van der Waals surface area contributed by atoms with Crippen LogP contribution in [0, 0.1) is 40.4 Å². The van der Waals surface area contributed by atoms with Gasteiger partial charge in [-0.3, -0.25) is 4.79 Å².